The molecule has 5 aromatic rings. The molecule has 1 fully saturated rings. The Labute approximate surface area is 225 Å². The van der Waals surface area contributed by atoms with Gasteiger partial charge in [-0.15, -0.1) is 0 Å². The maximum absolute atomic E-state index is 10.6. The highest BCUT2D eigenvalue weighted by molar-refractivity contribution is 5.77. The summed E-state index contributed by atoms with van der Waals surface area (Å²) in [6.45, 7) is 8.37. The maximum atomic E-state index is 10.6. The van der Waals surface area contributed by atoms with Gasteiger partial charge >= 0.3 is 0 Å². The van der Waals surface area contributed by atoms with Crippen LogP contribution in [0.5, 0.6) is 5.75 Å². The highest BCUT2D eigenvalue weighted by Crippen LogP contribution is 2.27. The number of hydrogen-bond acceptors (Lipinski definition) is 11. The summed E-state index contributed by atoms with van der Waals surface area (Å²) >= 11 is 0. The minimum absolute atomic E-state index is 0.197. The minimum atomic E-state index is -0.612. The lowest BCUT2D eigenvalue weighted by atomic mass is 10.2. The van der Waals surface area contributed by atoms with Crippen molar-refractivity contribution in [2.24, 2.45) is 0 Å². The van der Waals surface area contributed by atoms with Crippen LogP contribution in [0.2, 0.25) is 0 Å². The minimum Gasteiger partial charge on any atom is -0.491 e. The van der Waals surface area contributed by atoms with Gasteiger partial charge in [0.2, 0.25) is 5.89 Å². The molecule has 1 aliphatic rings. The number of piperazine rings is 1. The van der Waals surface area contributed by atoms with E-state index in [0.29, 0.717) is 47.8 Å². The number of aliphatic hydroxyl groups is 1. The summed E-state index contributed by atoms with van der Waals surface area (Å²) in [4.78, 5) is 13.6. The van der Waals surface area contributed by atoms with Crippen molar-refractivity contribution >= 4 is 11.1 Å². The molecule has 11 heteroatoms. The van der Waals surface area contributed by atoms with Crippen LogP contribution in [0.4, 0.5) is 0 Å². The van der Waals surface area contributed by atoms with Gasteiger partial charge in [0.15, 0.2) is 11.4 Å². The molecule has 4 heterocycles. The fraction of sp³-hybridized carbons (Fsp3) is 0.357. The number of oxazole rings is 1. The molecule has 0 amide bonds. The van der Waals surface area contributed by atoms with Gasteiger partial charge in [-0.3, -0.25) is 9.80 Å². The lowest BCUT2D eigenvalue weighted by molar-refractivity contribution is 0.0440. The number of nitrogens with zero attached hydrogens (tertiary/aromatic N) is 6. The molecule has 0 saturated carbocycles. The highest BCUT2D eigenvalue weighted by Gasteiger charge is 2.23. The molecule has 6 rings (SSSR count). The summed E-state index contributed by atoms with van der Waals surface area (Å²) < 4.78 is 22.4. The van der Waals surface area contributed by atoms with Gasteiger partial charge in [0.05, 0.1) is 12.2 Å². The molecule has 1 aliphatic heterocycles. The standard InChI is InChI=1S/C28H30N6O5/c1-18-26(19(2)38-31-18)28-30-25(32-39-28)16-34-12-10-33(11-13-34)15-21(35)17-36-22-8-9-24-23(14-22)29-27(37-24)20-6-4-3-5-7-20/h3-9,14,21,35H,10-13,15-17H2,1-2H3/t21-/m1/s1. The second-order valence-electron chi connectivity index (χ2n) is 9.77. The zero-order valence-electron chi connectivity index (χ0n) is 21.9. The Morgan fingerprint density at radius 1 is 0.923 bits per heavy atom. The fourth-order valence-corrected chi connectivity index (χ4v) is 4.78. The molecule has 1 N–H and O–H groups in total. The van der Waals surface area contributed by atoms with Gasteiger partial charge < -0.3 is 23.3 Å². The first kappa shape index (κ1) is 25.2. The number of benzene rings is 2. The van der Waals surface area contributed by atoms with Crippen LogP contribution >= 0.6 is 0 Å². The van der Waals surface area contributed by atoms with Crippen LogP contribution in [-0.4, -0.2) is 80.6 Å². The van der Waals surface area contributed by atoms with Crippen molar-refractivity contribution in [1.82, 2.24) is 30.1 Å². The Kier molecular flexibility index (Phi) is 7.10. The van der Waals surface area contributed by atoms with Crippen molar-refractivity contribution in [2.75, 3.05) is 39.3 Å². The van der Waals surface area contributed by atoms with Crippen molar-refractivity contribution in [3.8, 4) is 28.7 Å². The molecule has 11 nitrogen and oxygen atoms in total. The van der Waals surface area contributed by atoms with E-state index >= 15 is 0 Å². The summed E-state index contributed by atoms with van der Waals surface area (Å²) in [5.41, 5.74) is 3.82. The summed E-state index contributed by atoms with van der Waals surface area (Å²) in [5.74, 6) is 2.95. The summed E-state index contributed by atoms with van der Waals surface area (Å²) in [5, 5.41) is 18.7. The molecule has 0 spiro atoms. The van der Waals surface area contributed by atoms with Crippen molar-refractivity contribution in [3.63, 3.8) is 0 Å². The molecule has 0 unspecified atom stereocenters. The lowest BCUT2D eigenvalue weighted by Crippen LogP contribution is -2.48. The van der Waals surface area contributed by atoms with E-state index in [9.17, 15) is 5.11 Å². The van der Waals surface area contributed by atoms with Crippen molar-refractivity contribution in [2.45, 2.75) is 26.5 Å². The predicted molar refractivity (Wildman–Crippen MR) is 142 cm³/mol. The zero-order valence-corrected chi connectivity index (χ0v) is 21.9. The predicted octanol–water partition coefficient (Wildman–Crippen LogP) is 3.71. The van der Waals surface area contributed by atoms with Crippen LogP contribution in [0, 0.1) is 13.8 Å². The number of aliphatic hydroxyl groups excluding tert-OH is 1. The number of rotatable bonds is 9. The van der Waals surface area contributed by atoms with Gasteiger partial charge in [0, 0.05) is 44.4 Å². The van der Waals surface area contributed by atoms with Crippen LogP contribution in [0.1, 0.15) is 17.3 Å². The van der Waals surface area contributed by atoms with Gasteiger partial charge in [-0.2, -0.15) is 4.98 Å². The first-order valence-electron chi connectivity index (χ1n) is 13.0. The average molecular weight is 531 g/mol. The first-order chi connectivity index (χ1) is 19.0. The summed E-state index contributed by atoms with van der Waals surface area (Å²) in [7, 11) is 0. The Balaban J connectivity index is 0.964. The second-order valence-corrected chi connectivity index (χ2v) is 9.77. The molecular weight excluding hydrogens is 500 g/mol. The third-order valence-corrected chi connectivity index (χ3v) is 6.84. The topological polar surface area (TPSA) is 127 Å². The van der Waals surface area contributed by atoms with E-state index < -0.39 is 6.10 Å². The smallest absolute Gasteiger partial charge is 0.263 e. The Hall–Kier alpha value is -4.06. The molecule has 202 valence electrons. The van der Waals surface area contributed by atoms with Gasteiger partial charge in [-0.05, 0) is 38.1 Å². The van der Waals surface area contributed by atoms with Crippen molar-refractivity contribution in [1.29, 1.82) is 0 Å². The molecular formula is C28H30N6O5. The summed E-state index contributed by atoms with van der Waals surface area (Å²) in [6.07, 6.45) is -0.612. The van der Waals surface area contributed by atoms with Crippen molar-refractivity contribution < 1.29 is 23.3 Å². The first-order valence-corrected chi connectivity index (χ1v) is 13.0. The molecule has 3 aromatic heterocycles. The van der Waals surface area contributed by atoms with Crippen LogP contribution in [0.3, 0.4) is 0 Å². The molecule has 1 atom stereocenters. The van der Waals surface area contributed by atoms with E-state index in [1.54, 1.807) is 0 Å². The zero-order chi connectivity index (χ0) is 26.8. The molecule has 0 bridgehead atoms. The molecule has 2 aromatic carbocycles. The van der Waals surface area contributed by atoms with Gasteiger partial charge in [-0.1, -0.05) is 28.5 Å². The van der Waals surface area contributed by atoms with Crippen LogP contribution in [0.25, 0.3) is 34.0 Å². The number of β-amino-alcohol motifs (C(OH)–C–C–N with tert-alkyl or cyclic N) is 1. The molecule has 39 heavy (non-hydrogen) atoms. The maximum Gasteiger partial charge on any atom is 0.263 e. The van der Waals surface area contributed by atoms with Crippen LogP contribution in [-0.2, 0) is 6.54 Å². The normalized spacial score (nSPS) is 15.7. The van der Waals surface area contributed by atoms with Gasteiger partial charge in [0.25, 0.3) is 5.89 Å². The largest absolute Gasteiger partial charge is 0.491 e. The Bertz CT molecular complexity index is 1520. The van der Waals surface area contributed by atoms with E-state index in [1.165, 1.54) is 0 Å². The number of hydrogen-bond donors (Lipinski definition) is 1. The van der Waals surface area contributed by atoms with Crippen LogP contribution < -0.4 is 4.74 Å². The lowest BCUT2D eigenvalue weighted by Gasteiger charge is -2.34. The van der Waals surface area contributed by atoms with E-state index in [-0.39, 0.29) is 6.61 Å². The molecule has 0 radical (unpaired) electrons. The van der Waals surface area contributed by atoms with Crippen LogP contribution in [0.15, 0.2) is 62.0 Å². The third kappa shape index (κ3) is 5.70. The average Bonchev–Trinajstić information content (AvgIpc) is 3.67. The number of aromatic nitrogens is 4. The van der Waals surface area contributed by atoms with E-state index in [4.69, 9.17) is 18.2 Å². The fourth-order valence-electron chi connectivity index (χ4n) is 4.78. The number of aryl methyl sites for hydroxylation is 2. The second kappa shape index (κ2) is 11.0. The molecule has 0 aliphatic carbocycles. The number of ether oxygens (including phenoxy) is 1. The third-order valence-electron chi connectivity index (χ3n) is 6.84. The van der Waals surface area contributed by atoms with Crippen molar-refractivity contribution in [3.05, 3.63) is 65.8 Å². The van der Waals surface area contributed by atoms with Gasteiger partial charge in [0.1, 0.15) is 35.3 Å². The Morgan fingerprint density at radius 2 is 1.72 bits per heavy atom. The van der Waals surface area contributed by atoms with E-state index in [2.05, 4.69) is 30.1 Å². The monoisotopic (exact) mass is 530 g/mol. The Morgan fingerprint density at radius 3 is 2.49 bits per heavy atom. The van der Waals surface area contributed by atoms with E-state index in [1.807, 2.05) is 62.4 Å². The van der Waals surface area contributed by atoms with E-state index in [0.717, 1.165) is 48.5 Å². The quantitative estimate of drug-likeness (QED) is 0.300. The number of fused-ring (bicyclic) bond motifs is 1. The molecule has 1 saturated heterocycles. The van der Waals surface area contributed by atoms with Gasteiger partial charge in [-0.25, -0.2) is 4.98 Å². The SMILES string of the molecule is Cc1noc(C)c1-c1nc(CN2CCN(C[C@@H](O)COc3ccc4oc(-c5ccccc5)nc4c3)CC2)no1. The highest BCUT2D eigenvalue weighted by atomic mass is 16.5. The summed E-state index contributed by atoms with van der Waals surface area (Å²) in [6, 6.07) is 15.3.